The molecule has 0 aliphatic carbocycles. The van der Waals surface area contributed by atoms with E-state index >= 15 is 0 Å². The number of carbonyl (C=O) groups excluding carboxylic acids is 1. The third kappa shape index (κ3) is 2.17. The minimum absolute atomic E-state index is 0.117. The quantitative estimate of drug-likeness (QED) is 0.607. The zero-order chi connectivity index (χ0) is 11.5. The van der Waals surface area contributed by atoms with Crippen molar-refractivity contribution in [1.29, 1.82) is 0 Å². The lowest BCUT2D eigenvalue weighted by Crippen LogP contribution is -2.19. The Bertz CT molecular complexity index is 397. The van der Waals surface area contributed by atoms with E-state index in [1.54, 1.807) is 18.2 Å². The van der Waals surface area contributed by atoms with Crippen molar-refractivity contribution in [2.75, 3.05) is 18.9 Å². The zero-order valence-electron chi connectivity index (χ0n) is 9.23. The van der Waals surface area contributed by atoms with Gasteiger partial charge < -0.3 is 15.2 Å². The lowest BCUT2D eigenvalue weighted by molar-refractivity contribution is 0.0270. The van der Waals surface area contributed by atoms with E-state index in [9.17, 15) is 4.79 Å². The second kappa shape index (κ2) is 4.53. The number of nitrogens with two attached hydrogens (primary N) is 1. The SMILES string of the molecule is Cc1c(N)cccc1C(=O)OC1CCOC1. The molecule has 0 spiro atoms. The van der Waals surface area contributed by atoms with E-state index in [4.69, 9.17) is 15.2 Å². The second-order valence-corrected chi connectivity index (χ2v) is 3.91. The highest BCUT2D eigenvalue weighted by Gasteiger charge is 2.21. The van der Waals surface area contributed by atoms with Gasteiger partial charge in [0.05, 0.1) is 18.8 Å². The smallest absolute Gasteiger partial charge is 0.338 e. The maximum absolute atomic E-state index is 11.8. The minimum atomic E-state index is -0.319. The Morgan fingerprint density at radius 2 is 2.38 bits per heavy atom. The number of anilines is 1. The summed E-state index contributed by atoms with van der Waals surface area (Å²) in [5.41, 5.74) is 7.65. The summed E-state index contributed by atoms with van der Waals surface area (Å²) in [6, 6.07) is 5.25. The number of hydrogen-bond donors (Lipinski definition) is 1. The van der Waals surface area contributed by atoms with Gasteiger partial charge in [-0.2, -0.15) is 0 Å². The largest absolute Gasteiger partial charge is 0.456 e. The molecule has 2 N–H and O–H groups in total. The molecule has 1 saturated heterocycles. The van der Waals surface area contributed by atoms with Gasteiger partial charge in [0.25, 0.3) is 0 Å². The summed E-state index contributed by atoms with van der Waals surface area (Å²) in [6.07, 6.45) is 0.654. The van der Waals surface area contributed by atoms with Gasteiger partial charge in [0.15, 0.2) is 0 Å². The van der Waals surface area contributed by atoms with Gasteiger partial charge in [0, 0.05) is 12.1 Å². The predicted molar refractivity (Wildman–Crippen MR) is 60.2 cm³/mol. The Labute approximate surface area is 94.3 Å². The Kier molecular flexibility index (Phi) is 3.10. The van der Waals surface area contributed by atoms with E-state index in [1.165, 1.54) is 0 Å². The molecule has 1 fully saturated rings. The van der Waals surface area contributed by atoms with Crippen LogP contribution in [0.5, 0.6) is 0 Å². The van der Waals surface area contributed by atoms with Crippen LogP contribution in [0, 0.1) is 6.92 Å². The van der Waals surface area contributed by atoms with Gasteiger partial charge in [0.1, 0.15) is 6.10 Å². The van der Waals surface area contributed by atoms with Crippen molar-refractivity contribution >= 4 is 11.7 Å². The number of rotatable bonds is 2. The molecule has 4 nitrogen and oxygen atoms in total. The monoisotopic (exact) mass is 221 g/mol. The Morgan fingerprint density at radius 3 is 3.06 bits per heavy atom. The molecule has 1 aromatic carbocycles. The average molecular weight is 221 g/mol. The molecule has 1 aliphatic heterocycles. The standard InChI is InChI=1S/C12H15NO3/c1-8-10(3-2-4-11(8)13)12(14)16-9-5-6-15-7-9/h2-4,9H,5-7,13H2,1H3. The number of hydrogen-bond acceptors (Lipinski definition) is 4. The van der Waals surface area contributed by atoms with Gasteiger partial charge >= 0.3 is 5.97 Å². The first-order valence-corrected chi connectivity index (χ1v) is 5.32. The van der Waals surface area contributed by atoms with Crippen LogP contribution in [0.2, 0.25) is 0 Å². The van der Waals surface area contributed by atoms with Crippen molar-refractivity contribution in [3.63, 3.8) is 0 Å². The summed E-state index contributed by atoms with van der Waals surface area (Å²) >= 11 is 0. The third-order valence-electron chi connectivity index (χ3n) is 2.76. The van der Waals surface area contributed by atoms with Crippen molar-refractivity contribution in [2.24, 2.45) is 0 Å². The van der Waals surface area contributed by atoms with Crippen LogP contribution in [0.25, 0.3) is 0 Å². The van der Waals surface area contributed by atoms with Crippen LogP contribution in [0.4, 0.5) is 5.69 Å². The molecule has 0 amide bonds. The molecule has 0 aromatic heterocycles. The molecule has 4 heteroatoms. The number of ether oxygens (including phenoxy) is 2. The van der Waals surface area contributed by atoms with Crippen LogP contribution >= 0.6 is 0 Å². The van der Waals surface area contributed by atoms with Crippen molar-refractivity contribution in [3.8, 4) is 0 Å². The average Bonchev–Trinajstić information content (AvgIpc) is 2.74. The van der Waals surface area contributed by atoms with Crippen molar-refractivity contribution in [2.45, 2.75) is 19.4 Å². The summed E-state index contributed by atoms with van der Waals surface area (Å²) in [5.74, 6) is -0.319. The van der Waals surface area contributed by atoms with Gasteiger partial charge in [-0.05, 0) is 24.6 Å². The molecule has 1 unspecified atom stereocenters. The highest BCUT2D eigenvalue weighted by atomic mass is 16.6. The summed E-state index contributed by atoms with van der Waals surface area (Å²) in [6.45, 7) is 2.97. The maximum atomic E-state index is 11.8. The van der Waals surface area contributed by atoms with Gasteiger partial charge in [-0.1, -0.05) is 6.07 Å². The van der Waals surface area contributed by atoms with Gasteiger partial charge in [-0.25, -0.2) is 4.79 Å². The molecular weight excluding hydrogens is 206 g/mol. The fourth-order valence-electron chi connectivity index (χ4n) is 1.70. The first-order valence-electron chi connectivity index (χ1n) is 5.32. The molecule has 1 aliphatic rings. The van der Waals surface area contributed by atoms with Crippen LogP contribution in [0.3, 0.4) is 0 Å². The Morgan fingerprint density at radius 1 is 1.56 bits per heavy atom. The van der Waals surface area contributed by atoms with E-state index in [2.05, 4.69) is 0 Å². The summed E-state index contributed by atoms with van der Waals surface area (Å²) in [4.78, 5) is 11.8. The topological polar surface area (TPSA) is 61.6 Å². The molecular formula is C12H15NO3. The molecule has 1 heterocycles. The summed E-state index contributed by atoms with van der Waals surface area (Å²) < 4.78 is 10.5. The summed E-state index contributed by atoms with van der Waals surface area (Å²) in [7, 11) is 0. The first-order chi connectivity index (χ1) is 7.68. The predicted octanol–water partition coefficient (Wildman–Crippen LogP) is 1.52. The van der Waals surface area contributed by atoms with Crippen LogP contribution in [-0.4, -0.2) is 25.3 Å². The lowest BCUT2D eigenvalue weighted by atomic mass is 10.1. The second-order valence-electron chi connectivity index (χ2n) is 3.91. The van der Waals surface area contributed by atoms with Gasteiger partial charge in [0.2, 0.25) is 0 Å². The molecule has 2 rings (SSSR count). The van der Waals surface area contributed by atoms with Crippen molar-refractivity contribution in [1.82, 2.24) is 0 Å². The molecule has 86 valence electrons. The van der Waals surface area contributed by atoms with Crippen LogP contribution < -0.4 is 5.73 Å². The van der Waals surface area contributed by atoms with E-state index in [0.29, 0.717) is 24.5 Å². The first kappa shape index (κ1) is 11.0. The lowest BCUT2D eigenvalue weighted by Gasteiger charge is -2.12. The van der Waals surface area contributed by atoms with Gasteiger partial charge in [-0.3, -0.25) is 0 Å². The third-order valence-corrected chi connectivity index (χ3v) is 2.76. The molecule has 1 atom stereocenters. The number of esters is 1. The maximum Gasteiger partial charge on any atom is 0.338 e. The molecule has 0 saturated carbocycles. The van der Waals surface area contributed by atoms with Crippen LogP contribution in [0.1, 0.15) is 22.3 Å². The Balaban J connectivity index is 2.11. The van der Waals surface area contributed by atoms with E-state index in [0.717, 1.165) is 12.0 Å². The van der Waals surface area contributed by atoms with Gasteiger partial charge in [-0.15, -0.1) is 0 Å². The molecule has 0 radical (unpaired) electrons. The fourth-order valence-corrected chi connectivity index (χ4v) is 1.70. The number of benzene rings is 1. The van der Waals surface area contributed by atoms with Crippen molar-refractivity contribution in [3.05, 3.63) is 29.3 Å². The van der Waals surface area contributed by atoms with Crippen molar-refractivity contribution < 1.29 is 14.3 Å². The van der Waals surface area contributed by atoms with E-state index in [-0.39, 0.29) is 12.1 Å². The van der Waals surface area contributed by atoms with Crippen LogP contribution in [-0.2, 0) is 9.47 Å². The molecule has 1 aromatic rings. The highest BCUT2D eigenvalue weighted by Crippen LogP contribution is 2.18. The van der Waals surface area contributed by atoms with Crippen LogP contribution in [0.15, 0.2) is 18.2 Å². The fraction of sp³-hybridized carbons (Fsp3) is 0.417. The summed E-state index contributed by atoms with van der Waals surface area (Å²) in [5, 5.41) is 0. The molecule has 16 heavy (non-hydrogen) atoms. The number of carbonyl (C=O) groups is 1. The zero-order valence-corrected chi connectivity index (χ0v) is 9.23. The minimum Gasteiger partial charge on any atom is -0.456 e. The normalized spacial score (nSPS) is 19.7. The highest BCUT2D eigenvalue weighted by molar-refractivity contribution is 5.92. The van der Waals surface area contributed by atoms with E-state index < -0.39 is 0 Å². The molecule has 0 bridgehead atoms. The Hall–Kier alpha value is -1.55. The number of nitrogen functional groups attached to an aromatic ring is 1. The van der Waals surface area contributed by atoms with E-state index in [1.807, 2.05) is 6.92 Å².